The third-order valence-electron chi connectivity index (χ3n) is 3.74. The minimum atomic E-state index is -0.320. The smallest absolute Gasteiger partial charge is 0.337 e. The summed E-state index contributed by atoms with van der Waals surface area (Å²) in [5, 5.41) is 0. The summed E-state index contributed by atoms with van der Waals surface area (Å²) in [5.41, 5.74) is 1.68. The van der Waals surface area contributed by atoms with Crippen molar-refractivity contribution < 1.29 is 19.0 Å². The van der Waals surface area contributed by atoms with Crippen molar-refractivity contribution >= 4 is 17.7 Å². The number of methoxy groups -OCH3 is 2. The van der Waals surface area contributed by atoms with E-state index in [-0.39, 0.29) is 5.97 Å². The van der Waals surface area contributed by atoms with Gasteiger partial charge in [-0.25, -0.2) is 4.79 Å². The minimum Gasteiger partial charge on any atom is -0.497 e. The van der Waals surface area contributed by atoms with Gasteiger partial charge in [-0.15, -0.1) is 11.8 Å². The molecule has 0 bridgehead atoms. The largest absolute Gasteiger partial charge is 0.497 e. The molecule has 0 radical (unpaired) electrons. The second kappa shape index (κ2) is 7.62. The molecule has 24 heavy (non-hydrogen) atoms. The maximum absolute atomic E-state index is 11.6. The van der Waals surface area contributed by atoms with Crippen LogP contribution in [0.5, 0.6) is 11.5 Å². The van der Waals surface area contributed by atoms with Crippen molar-refractivity contribution in [2.75, 3.05) is 14.2 Å². The van der Waals surface area contributed by atoms with Crippen molar-refractivity contribution in [2.45, 2.75) is 29.6 Å². The summed E-state index contributed by atoms with van der Waals surface area (Å²) >= 11 is 1.66. The molecule has 1 aliphatic carbocycles. The van der Waals surface area contributed by atoms with E-state index in [1.165, 1.54) is 7.11 Å². The zero-order valence-electron chi connectivity index (χ0n) is 13.8. The number of rotatable bonds is 7. The number of benzene rings is 2. The van der Waals surface area contributed by atoms with Crippen molar-refractivity contribution in [1.82, 2.24) is 0 Å². The van der Waals surface area contributed by atoms with Crippen LogP contribution in [0.3, 0.4) is 0 Å². The molecule has 0 unspecified atom stereocenters. The summed E-state index contributed by atoms with van der Waals surface area (Å²) in [6, 6.07) is 13.4. The predicted octanol–water partition coefficient (Wildman–Crippen LogP) is 4.32. The number of ether oxygens (including phenoxy) is 3. The number of carbonyl (C=O) groups excluding carboxylic acids is 1. The maximum atomic E-state index is 11.6. The monoisotopic (exact) mass is 344 g/mol. The number of esters is 1. The molecule has 0 heterocycles. The van der Waals surface area contributed by atoms with Gasteiger partial charge in [0.25, 0.3) is 0 Å². The van der Waals surface area contributed by atoms with Gasteiger partial charge < -0.3 is 14.2 Å². The van der Waals surface area contributed by atoms with Gasteiger partial charge in [0, 0.05) is 22.3 Å². The van der Waals surface area contributed by atoms with Crippen LogP contribution < -0.4 is 9.47 Å². The van der Waals surface area contributed by atoms with E-state index in [0.29, 0.717) is 11.7 Å². The molecular weight excluding hydrogens is 324 g/mol. The lowest BCUT2D eigenvalue weighted by Crippen LogP contribution is -2.01. The van der Waals surface area contributed by atoms with E-state index < -0.39 is 0 Å². The molecular formula is C19H20O4S. The summed E-state index contributed by atoms with van der Waals surface area (Å²) in [6.45, 7) is 0. The van der Waals surface area contributed by atoms with Crippen LogP contribution in [-0.4, -0.2) is 26.3 Å². The molecule has 0 aliphatic heterocycles. The molecule has 2 aromatic carbocycles. The Kier molecular flexibility index (Phi) is 5.30. The Morgan fingerprint density at radius 3 is 2.71 bits per heavy atom. The van der Waals surface area contributed by atoms with Crippen molar-refractivity contribution in [3.8, 4) is 11.5 Å². The van der Waals surface area contributed by atoms with Crippen LogP contribution in [0.2, 0.25) is 0 Å². The fraction of sp³-hybridized carbons (Fsp3) is 0.316. The molecule has 0 aromatic heterocycles. The topological polar surface area (TPSA) is 44.8 Å². The quantitative estimate of drug-likeness (QED) is 0.553. The van der Waals surface area contributed by atoms with Gasteiger partial charge in [-0.2, -0.15) is 0 Å². The second-order valence-electron chi connectivity index (χ2n) is 5.60. The van der Waals surface area contributed by atoms with Gasteiger partial charge in [-0.1, -0.05) is 12.1 Å². The first-order chi connectivity index (χ1) is 11.7. The Labute approximate surface area is 146 Å². The highest BCUT2D eigenvalue weighted by Gasteiger charge is 2.24. The van der Waals surface area contributed by atoms with E-state index in [1.807, 2.05) is 36.4 Å². The number of hydrogen-bond donors (Lipinski definition) is 0. The van der Waals surface area contributed by atoms with Gasteiger partial charge >= 0.3 is 5.97 Å². The van der Waals surface area contributed by atoms with Gasteiger partial charge in [0.2, 0.25) is 0 Å². The van der Waals surface area contributed by atoms with Gasteiger partial charge in [0.15, 0.2) is 0 Å². The van der Waals surface area contributed by atoms with E-state index >= 15 is 0 Å². The maximum Gasteiger partial charge on any atom is 0.337 e. The SMILES string of the molecule is COC(=O)c1cccc(SCc2ccc(OC)cc2OC2CC2)c1. The van der Waals surface area contributed by atoms with E-state index in [1.54, 1.807) is 24.9 Å². The number of hydrogen-bond acceptors (Lipinski definition) is 5. The third kappa shape index (κ3) is 4.23. The van der Waals surface area contributed by atoms with E-state index in [0.717, 1.165) is 40.6 Å². The van der Waals surface area contributed by atoms with Crippen LogP contribution in [0.1, 0.15) is 28.8 Å². The van der Waals surface area contributed by atoms with Crippen molar-refractivity contribution in [3.05, 3.63) is 53.6 Å². The van der Waals surface area contributed by atoms with Gasteiger partial charge in [-0.3, -0.25) is 0 Å². The van der Waals surface area contributed by atoms with Gasteiger partial charge in [0.05, 0.1) is 25.9 Å². The van der Waals surface area contributed by atoms with E-state index in [9.17, 15) is 4.79 Å². The van der Waals surface area contributed by atoms with Crippen molar-refractivity contribution in [1.29, 1.82) is 0 Å². The van der Waals surface area contributed by atoms with Crippen LogP contribution in [-0.2, 0) is 10.5 Å². The highest BCUT2D eigenvalue weighted by molar-refractivity contribution is 7.98. The Balaban J connectivity index is 1.72. The molecule has 4 nitrogen and oxygen atoms in total. The zero-order chi connectivity index (χ0) is 16.9. The predicted molar refractivity (Wildman–Crippen MR) is 94.0 cm³/mol. The molecule has 0 atom stereocenters. The summed E-state index contributed by atoms with van der Waals surface area (Å²) in [4.78, 5) is 12.6. The molecule has 0 spiro atoms. The molecule has 2 aromatic rings. The van der Waals surface area contributed by atoms with Crippen molar-refractivity contribution in [3.63, 3.8) is 0 Å². The summed E-state index contributed by atoms with van der Waals surface area (Å²) in [6.07, 6.45) is 2.57. The summed E-state index contributed by atoms with van der Waals surface area (Å²) < 4.78 is 16.1. The van der Waals surface area contributed by atoms with Gasteiger partial charge in [-0.05, 0) is 37.1 Å². The minimum absolute atomic E-state index is 0.320. The molecule has 3 rings (SSSR count). The first kappa shape index (κ1) is 16.7. The molecule has 0 N–H and O–H groups in total. The Bertz CT molecular complexity index is 725. The van der Waals surface area contributed by atoms with Crippen LogP contribution in [0, 0.1) is 0 Å². The lowest BCUT2D eigenvalue weighted by Gasteiger charge is -2.12. The third-order valence-corrected chi connectivity index (χ3v) is 4.78. The molecule has 1 saturated carbocycles. The molecule has 1 aliphatic rings. The zero-order valence-corrected chi connectivity index (χ0v) is 14.6. The number of thioether (sulfide) groups is 1. The molecule has 0 saturated heterocycles. The highest BCUT2D eigenvalue weighted by atomic mass is 32.2. The van der Waals surface area contributed by atoms with Crippen LogP contribution in [0.15, 0.2) is 47.4 Å². The van der Waals surface area contributed by atoms with E-state index in [2.05, 4.69) is 0 Å². The molecule has 126 valence electrons. The van der Waals surface area contributed by atoms with Crippen LogP contribution in [0.4, 0.5) is 0 Å². The average molecular weight is 344 g/mol. The lowest BCUT2D eigenvalue weighted by molar-refractivity contribution is 0.0600. The standard InChI is InChI=1S/C19H20O4S/c1-21-16-7-6-14(18(11-16)23-15-8-9-15)12-24-17-5-3-4-13(10-17)19(20)22-2/h3-7,10-11,15H,8-9,12H2,1-2H3. The fourth-order valence-corrected chi connectivity index (χ4v) is 3.19. The highest BCUT2D eigenvalue weighted by Crippen LogP contribution is 2.35. The Morgan fingerprint density at radius 1 is 1.17 bits per heavy atom. The van der Waals surface area contributed by atoms with E-state index in [4.69, 9.17) is 14.2 Å². The molecule has 0 amide bonds. The lowest BCUT2D eigenvalue weighted by atomic mass is 10.2. The second-order valence-corrected chi connectivity index (χ2v) is 6.65. The first-order valence-corrected chi connectivity index (χ1v) is 8.83. The molecule has 1 fully saturated rings. The Hall–Kier alpha value is -2.14. The van der Waals surface area contributed by atoms with Crippen LogP contribution >= 0.6 is 11.8 Å². The van der Waals surface area contributed by atoms with Crippen molar-refractivity contribution in [2.24, 2.45) is 0 Å². The van der Waals surface area contributed by atoms with Gasteiger partial charge in [0.1, 0.15) is 11.5 Å². The number of carbonyl (C=O) groups is 1. The first-order valence-electron chi connectivity index (χ1n) is 7.84. The normalized spacial score (nSPS) is 13.4. The Morgan fingerprint density at radius 2 is 2.00 bits per heavy atom. The fourth-order valence-electron chi connectivity index (χ4n) is 2.25. The molecule has 5 heteroatoms. The summed E-state index contributed by atoms with van der Waals surface area (Å²) in [5.74, 6) is 2.12. The summed E-state index contributed by atoms with van der Waals surface area (Å²) in [7, 11) is 3.05. The average Bonchev–Trinajstić information content (AvgIpc) is 3.44. The van der Waals surface area contributed by atoms with Crippen LogP contribution in [0.25, 0.3) is 0 Å².